The van der Waals surface area contributed by atoms with Gasteiger partial charge in [-0.2, -0.15) is 0 Å². The Morgan fingerprint density at radius 2 is 1.72 bits per heavy atom. The summed E-state index contributed by atoms with van der Waals surface area (Å²) in [5.74, 6) is 1.43. The maximum atomic E-state index is 12.6. The molecule has 0 saturated heterocycles. The van der Waals surface area contributed by atoms with Crippen molar-refractivity contribution in [2.24, 2.45) is 0 Å². The summed E-state index contributed by atoms with van der Waals surface area (Å²) in [5, 5.41) is 3.08. The lowest BCUT2D eigenvalue weighted by Gasteiger charge is -2.31. The molecule has 2 amide bonds. The minimum atomic E-state index is -0.0446. The molecule has 0 saturated carbocycles. The third kappa shape index (κ3) is 3.71. The smallest absolute Gasteiger partial charge is 0.318 e. The van der Waals surface area contributed by atoms with Crippen LogP contribution in [0.3, 0.4) is 0 Å². The molecule has 0 fully saturated rings. The molecule has 1 unspecified atom stereocenters. The monoisotopic (exact) mass is 340 g/mol. The molecule has 0 bridgehead atoms. The van der Waals surface area contributed by atoms with Crippen molar-refractivity contribution in [1.82, 2.24) is 10.2 Å². The van der Waals surface area contributed by atoms with Crippen molar-refractivity contribution in [2.45, 2.75) is 25.9 Å². The molecular formula is C20H24N2O3. The lowest BCUT2D eigenvalue weighted by molar-refractivity contribution is 0.189. The largest absolute Gasteiger partial charge is 0.493 e. The molecular weight excluding hydrogens is 316 g/mol. The highest BCUT2D eigenvalue weighted by Gasteiger charge is 2.23. The van der Waals surface area contributed by atoms with E-state index in [1.54, 1.807) is 14.2 Å². The molecule has 25 heavy (non-hydrogen) atoms. The molecule has 2 aromatic rings. The minimum absolute atomic E-state index is 0.0273. The van der Waals surface area contributed by atoms with Crippen LogP contribution >= 0.6 is 0 Å². The van der Waals surface area contributed by atoms with Crippen molar-refractivity contribution in [2.75, 3.05) is 20.8 Å². The van der Waals surface area contributed by atoms with E-state index in [0.717, 1.165) is 23.3 Å². The lowest BCUT2D eigenvalue weighted by Crippen LogP contribution is -2.43. The molecule has 1 aliphatic rings. The first-order chi connectivity index (χ1) is 12.1. The lowest BCUT2D eigenvalue weighted by atomic mass is 9.99. The molecule has 1 N–H and O–H groups in total. The van der Waals surface area contributed by atoms with Crippen LogP contribution in [0.4, 0.5) is 4.79 Å². The Balaban J connectivity index is 1.70. The van der Waals surface area contributed by atoms with E-state index in [1.165, 1.54) is 5.56 Å². The van der Waals surface area contributed by atoms with Gasteiger partial charge in [-0.25, -0.2) is 4.79 Å². The molecule has 1 atom stereocenters. The number of carbonyl (C=O) groups is 1. The molecule has 0 aliphatic carbocycles. The molecule has 0 aromatic heterocycles. The molecule has 2 aromatic carbocycles. The Hall–Kier alpha value is -2.69. The average Bonchev–Trinajstić information content (AvgIpc) is 2.66. The van der Waals surface area contributed by atoms with Gasteiger partial charge in [-0.05, 0) is 42.2 Å². The first kappa shape index (κ1) is 17.1. The van der Waals surface area contributed by atoms with Crippen LogP contribution in [0, 0.1) is 0 Å². The van der Waals surface area contributed by atoms with E-state index >= 15 is 0 Å². The highest BCUT2D eigenvalue weighted by atomic mass is 16.5. The summed E-state index contributed by atoms with van der Waals surface area (Å²) in [5.41, 5.74) is 3.41. The predicted molar refractivity (Wildman–Crippen MR) is 97.0 cm³/mol. The van der Waals surface area contributed by atoms with E-state index in [9.17, 15) is 4.79 Å². The van der Waals surface area contributed by atoms with Gasteiger partial charge in [-0.1, -0.05) is 30.3 Å². The number of methoxy groups -OCH3 is 2. The number of hydrogen-bond donors (Lipinski definition) is 1. The molecule has 1 aliphatic heterocycles. The number of benzene rings is 2. The van der Waals surface area contributed by atoms with Crippen molar-refractivity contribution < 1.29 is 14.3 Å². The van der Waals surface area contributed by atoms with Crippen LogP contribution in [0.25, 0.3) is 0 Å². The standard InChI is InChI=1S/C20H24N2O3/c1-14(15-7-5-4-6-8-15)21-20(23)22-10-9-16-11-18(24-2)19(25-3)12-17(16)13-22/h4-8,11-12,14H,9-10,13H2,1-3H3,(H,21,23). The van der Waals surface area contributed by atoms with Crippen molar-refractivity contribution in [3.63, 3.8) is 0 Å². The van der Waals surface area contributed by atoms with E-state index in [2.05, 4.69) is 5.32 Å². The second-order valence-corrected chi connectivity index (χ2v) is 6.23. The normalized spacial score (nSPS) is 14.4. The van der Waals surface area contributed by atoms with E-state index in [-0.39, 0.29) is 12.1 Å². The summed E-state index contributed by atoms with van der Waals surface area (Å²) in [6.45, 7) is 3.26. The van der Waals surface area contributed by atoms with Gasteiger partial charge in [0.2, 0.25) is 0 Å². The fourth-order valence-corrected chi connectivity index (χ4v) is 3.16. The molecule has 3 rings (SSSR count). The quantitative estimate of drug-likeness (QED) is 0.926. The van der Waals surface area contributed by atoms with Gasteiger partial charge in [0.15, 0.2) is 11.5 Å². The zero-order valence-electron chi connectivity index (χ0n) is 14.9. The summed E-state index contributed by atoms with van der Waals surface area (Å²) in [6.07, 6.45) is 0.808. The van der Waals surface area contributed by atoms with E-state index in [0.29, 0.717) is 18.8 Å². The zero-order chi connectivity index (χ0) is 17.8. The minimum Gasteiger partial charge on any atom is -0.493 e. The summed E-state index contributed by atoms with van der Waals surface area (Å²) >= 11 is 0. The van der Waals surface area contributed by atoms with Crippen LogP contribution in [0.15, 0.2) is 42.5 Å². The van der Waals surface area contributed by atoms with Crippen molar-refractivity contribution in [3.8, 4) is 11.5 Å². The average molecular weight is 340 g/mol. The Morgan fingerprint density at radius 3 is 2.36 bits per heavy atom. The summed E-state index contributed by atoms with van der Waals surface area (Å²) in [7, 11) is 3.26. The first-order valence-electron chi connectivity index (χ1n) is 8.46. The molecule has 0 spiro atoms. The summed E-state index contributed by atoms with van der Waals surface area (Å²) in [4.78, 5) is 14.5. The van der Waals surface area contributed by atoms with Gasteiger partial charge in [0.25, 0.3) is 0 Å². The van der Waals surface area contributed by atoms with Gasteiger partial charge in [0.05, 0.1) is 20.3 Å². The fourth-order valence-electron chi connectivity index (χ4n) is 3.16. The second-order valence-electron chi connectivity index (χ2n) is 6.23. The maximum absolute atomic E-state index is 12.6. The molecule has 5 heteroatoms. The second kappa shape index (κ2) is 7.47. The molecule has 1 heterocycles. The van der Waals surface area contributed by atoms with E-state index < -0.39 is 0 Å². The van der Waals surface area contributed by atoms with Crippen LogP contribution in [-0.2, 0) is 13.0 Å². The number of hydrogen-bond acceptors (Lipinski definition) is 3. The maximum Gasteiger partial charge on any atom is 0.318 e. The number of amides is 2. The van der Waals surface area contributed by atoms with Gasteiger partial charge in [-0.3, -0.25) is 0 Å². The number of nitrogens with zero attached hydrogens (tertiary/aromatic N) is 1. The Labute approximate surface area is 148 Å². The van der Waals surface area contributed by atoms with Crippen LogP contribution < -0.4 is 14.8 Å². The van der Waals surface area contributed by atoms with E-state index in [4.69, 9.17) is 9.47 Å². The number of ether oxygens (including phenoxy) is 2. The third-order valence-electron chi connectivity index (χ3n) is 4.64. The predicted octanol–water partition coefficient (Wildman–Crippen LogP) is 3.53. The molecule has 5 nitrogen and oxygen atoms in total. The number of carbonyl (C=O) groups excluding carboxylic acids is 1. The van der Waals surface area contributed by atoms with Crippen LogP contribution in [0.1, 0.15) is 29.7 Å². The number of urea groups is 1. The van der Waals surface area contributed by atoms with Crippen molar-refractivity contribution >= 4 is 6.03 Å². The van der Waals surface area contributed by atoms with Crippen LogP contribution in [-0.4, -0.2) is 31.7 Å². The van der Waals surface area contributed by atoms with Gasteiger partial charge in [0, 0.05) is 13.1 Å². The Bertz CT molecular complexity index is 746. The van der Waals surface area contributed by atoms with Crippen molar-refractivity contribution in [1.29, 1.82) is 0 Å². The van der Waals surface area contributed by atoms with Crippen LogP contribution in [0.5, 0.6) is 11.5 Å². The highest BCUT2D eigenvalue weighted by Crippen LogP contribution is 2.33. The van der Waals surface area contributed by atoms with Gasteiger partial charge >= 0.3 is 6.03 Å². The summed E-state index contributed by atoms with van der Waals surface area (Å²) in [6, 6.07) is 13.9. The van der Waals surface area contributed by atoms with Gasteiger partial charge in [0.1, 0.15) is 0 Å². The fraction of sp³-hybridized carbons (Fsp3) is 0.350. The molecule has 132 valence electrons. The number of fused-ring (bicyclic) bond motifs is 1. The number of nitrogens with one attached hydrogen (secondary N) is 1. The van der Waals surface area contributed by atoms with Gasteiger partial charge < -0.3 is 19.7 Å². The van der Waals surface area contributed by atoms with E-state index in [1.807, 2.05) is 54.3 Å². The van der Waals surface area contributed by atoms with Crippen molar-refractivity contribution in [3.05, 3.63) is 59.2 Å². The third-order valence-corrected chi connectivity index (χ3v) is 4.64. The van der Waals surface area contributed by atoms with Gasteiger partial charge in [-0.15, -0.1) is 0 Å². The zero-order valence-corrected chi connectivity index (χ0v) is 14.9. The molecule has 0 radical (unpaired) electrons. The SMILES string of the molecule is COc1cc2c(cc1OC)CN(C(=O)NC(C)c1ccccc1)CC2. The Morgan fingerprint density at radius 1 is 1.08 bits per heavy atom. The topological polar surface area (TPSA) is 50.8 Å². The van der Waals surface area contributed by atoms with Crippen LogP contribution in [0.2, 0.25) is 0 Å². The highest BCUT2D eigenvalue weighted by molar-refractivity contribution is 5.75. The Kier molecular flexibility index (Phi) is 5.12. The summed E-state index contributed by atoms with van der Waals surface area (Å²) < 4.78 is 10.7. The first-order valence-corrected chi connectivity index (χ1v) is 8.46. The number of rotatable bonds is 4.